The van der Waals surface area contributed by atoms with E-state index in [2.05, 4.69) is 0 Å². The van der Waals surface area contributed by atoms with Gasteiger partial charge < -0.3 is 4.90 Å². The van der Waals surface area contributed by atoms with Gasteiger partial charge in [0, 0.05) is 14.1 Å². The molecule has 0 spiro atoms. The van der Waals surface area contributed by atoms with Gasteiger partial charge in [-0.1, -0.05) is 0 Å². The summed E-state index contributed by atoms with van der Waals surface area (Å²) in [5.41, 5.74) is 0. The Bertz CT molecular complexity index is 103. The molecule has 1 atom stereocenters. The van der Waals surface area contributed by atoms with Crippen LogP contribution in [0.3, 0.4) is 0 Å². The molecule has 0 radical (unpaired) electrons. The molecule has 1 unspecified atom stereocenters. The van der Waals surface area contributed by atoms with E-state index < -0.39 is 0 Å². The van der Waals surface area contributed by atoms with E-state index in [0.29, 0.717) is 0 Å². The highest BCUT2D eigenvalue weighted by atomic mass is 32.2. The maximum Gasteiger partial charge on any atom is 0.234 e. The fraction of sp³-hybridized carbons (Fsp3) is 0.833. The molecule has 54 valence electrons. The molecule has 0 bridgehead atoms. The van der Waals surface area contributed by atoms with Gasteiger partial charge >= 0.3 is 0 Å². The highest BCUT2D eigenvalue weighted by molar-refractivity contribution is 7.99. The lowest BCUT2D eigenvalue weighted by molar-refractivity contribution is -0.127. The number of hydrogen-bond acceptors (Lipinski definition) is 2. The molecular formula is C6H13NOS. The molecule has 0 rings (SSSR count). The first kappa shape index (κ1) is 8.82. The summed E-state index contributed by atoms with van der Waals surface area (Å²) in [6.07, 6.45) is 1.94. The summed E-state index contributed by atoms with van der Waals surface area (Å²) in [6, 6.07) is 0. The summed E-state index contributed by atoms with van der Waals surface area (Å²) in [4.78, 5) is 12.6. The number of rotatable bonds is 2. The SMILES string of the molecule is CSC(C)C(=O)N(C)C. The molecule has 9 heavy (non-hydrogen) atoms. The van der Waals surface area contributed by atoms with Crippen molar-refractivity contribution in [3.05, 3.63) is 0 Å². The van der Waals surface area contributed by atoms with Crippen molar-refractivity contribution in [3.63, 3.8) is 0 Å². The Labute approximate surface area is 60.6 Å². The maximum absolute atomic E-state index is 11.0. The van der Waals surface area contributed by atoms with Gasteiger partial charge in [0.25, 0.3) is 0 Å². The van der Waals surface area contributed by atoms with Gasteiger partial charge in [0.2, 0.25) is 5.91 Å². The van der Waals surface area contributed by atoms with Crippen molar-refractivity contribution in [3.8, 4) is 0 Å². The number of thioether (sulfide) groups is 1. The molecule has 0 aliphatic heterocycles. The van der Waals surface area contributed by atoms with Crippen molar-refractivity contribution in [1.82, 2.24) is 4.90 Å². The molecule has 2 nitrogen and oxygen atoms in total. The van der Waals surface area contributed by atoms with Crippen LogP contribution in [0.5, 0.6) is 0 Å². The maximum atomic E-state index is 11.0. The quantitative estimate of drug-likeness (QED) is 0.576. The second-order valence-corrected chi connectivity index (χ2v) is 3.29. The Morgan fingerprint density at radius 1 is 1.56 bits per heavy atom. The van der Waals surface area contributed by atoms with Crippen LogP contribution >= 0.6 is 11.8 Å². The topological polar surface area (TPSA) is 20.3 Å². The highest BCUT2D eigenvalue weighted by Crippen LogP contribution is 2.06. The van der Waals surface area contributed by atoms with Crippen LogP contribution in [0.1, 0.15) is 6.92 Å². The number of carbonyl (C=O) groups excluding carboxylic acids is 1. The fourth-order valence-corrected chi connectivity index (χ4v) is 0.877. The lowest BCUT2D eigenvalue weighted by Crippen LogP contribution is -2.29. The van der Waals surface area contributed by atoms with E-state index in [1.165, 1.54) is 0 Å². The van der Waals surface area contributed by atoms with Crippen LogP contribution in [-0.2, 0) is 4.79 Å². The summed E-state index contributed by atoms with van der Waals surface area (Å²) in [5.74, 6) is 0.183. The van der Waals surface area contributed by atoms with Gasteiger partial charge in [0.05, 0.1) is 5.25 Å². The number of hydrogen-bond donors (Lipinski definition) is 0. The van der Waals surface area contributed by atoms with Crippen LogP contribution in [0.2, 0.25) is 0 Å². The van der Waals surface area contributed by atoms with Gasteiger partial charge in [0.15, 0.2) is 0 Å². The zero-order valence-corrected chi connectivity index (χ0v) is 7.16. The van der Waals surface area contributed by atoms with Crippen LogP contribution in [0.15, 0.2) is 0 Å². The van der Waals surface area contributed by atoms with E-state index in [9.17, 15) is 4.79 Å². The smallest absolute Gasteiger partial charge is 0.234 e. The average molecular weight is 147 g/mol. The largest absolute Gasteiger partial charge is 0.348 e. The monoisotopic (exact) mass is 147 g/mol. The van der Waals surface area contributed by atoms with Gasteiger partial charge in [-0.3, -0.25) is 4.79 Å². The normalized spacial score (nSPS) is 12.9. The first-order valence-corrected chi connectivity index (χ1v) is 4.12. The molecular weight excluding hydrogens is 134 g/mol. The minimum Gasteiger partial charge on any atom is -0.348 e. The highest BCUT2D eigenvalue weighted by Gasteiger charge is 2.11. The lowest BCUT2D eigenvalue weighted by atomic mass is 10.4. The Morgan fingerprint density at radius 2 is 2.00 bits per heavy atom. The van der Waals surface area contributed by atoms with Crippen molar-refractivity contribution >= 4 is 17.7 Å². The van der Waals surface area contributed by atoms with Crippen LogP contribution in [0.4, 0.5) is 0 Å². The predicted molar refractivity (Wildman–Crippen MR) is 41.7 cm³/mol. The first-order valence-electron chi connectivity index (χ1n) is 2.83. The standard InChI is InChI=1S/C6H13NOS/c1-5(9-4)6(8)7(2)3/h5H,1-4H3. The molecule has 0 saturated carbocycles. The third-order valence-electron chi connectivity index (χ3n) is 1.14. The summed E-state index contributed by atoms with van der Waals surface area (Å²) >= 11 is 1.57. The van der Waals surface area contributed by atoms with E-state index in [1.54, 1.807) is 30.8 Å². The predicted octanol–water partition coefficient (Wildman–Crippen LogP) is 0.826. The van der Waals surface area contributed by atoms with Gasteiger partial charge in [-0.15, -0.1) is 0 Å². The van der Waals surface area contributed by atoms with Crippen LogP contribution in [0.25, 0.3) is 0 Å². The minimum atomic E-state index is 0.0972. The molecule has 0 saturated heterocycles. The Hall–Kier alpha value is -0.180. The Morgan fingerprint density at radius 3 is 2.11 bits per heavy atom. The molecule has 0 aromatic rings. The van der Waals surface area contributed by atoms with E-state index in [-0.39, 0.29) is 11.2 Å². The average Bonchev–Trinajstić information content (AvgIpc) is 1.84. The van der Waals surface area contributed by atoms with Crippen molar-refractivity contribution in [2.24, 2.45) is 0 Å². The molecule has 0 aromatic heterocycles. The van der Waals surface area contributed by atoms with Crippen LogP contribution < -0.4 is 0 Å². The lowest BCUT2D eigenvalue weighted by Gasteiger charge is -2.13. The second-order valence-electron chi connectivity index (χ2n) is 2.11. The first-order chi connectivity index (χ1) is 4.09. The second kappa shape index (κ2) is 3.77. The number of carbonyl (C=O) groups is 1. The zero-order valence-electron chi connectivity index (χ0n) is 6.34. The third kappa shape index (κ3) is 2.75. The van der Waals surface area contributed by atoms with E-state index in [4.69, 9.17) is 0 Å². The summed E-state index contributed by atoms with van der Waals surface area (Å²) in [7, 11) is 3.55. The van der Waals surface area contributed by atoms with Crippen LogP contribution in [-0.4, -0.2) is 36.4 Å². The molecule has 0 fully saturated rings. The molecule has 0 aliphatic carbocycles. The third-order valence-corrected chi connectivity index (χ3v) is 2.05. The van der Waals surface area contributed by atoms with Crippen molar-refractivity contribution < 1.29 is 4.79 Å². The minimum absolute atomic E-state index is 0.0972. The zero-order chi connectivity index (χ0) is 7.44. The van der Waals surface area contributed by atoms with Crippen LogP contribution in [0, 0.1) is 0 Å². The van der Waals surface area contributed by atoms with Gasteiger partial charge in [-0.25, -0.2) is 0 Å². The number of amides is 1. The van der Waals surface area contributed by atoms with Gasteiger partial charge in [0.1, 0.15) is 0 Å². The number of nitrogens with zero attached hydrogens (tertiary/aromatic N) is 1. The summed E-state index contributed by atoms with van der Waals surface area (Å²) in [5, 5.41) is 0.0972. The fourth-order valence-electron chi connectivity index (χ4n) is 0.464. The molecule has 3 heteroatoms. The summed E-state index contributed by atoms with van der Waals surface area (Å²) in [6.45, 7) is 1.91. The van der Waals surface area contributed by atoms with Crippen molar-refractivity contribution in [1.29, 1.82) is 0 Å². The van der Waals surface area contributed by atoms with Gasteiger partial charge in [-0.2, -0.15) is 11.8 Å². The Kier molecular flexibility index (Phi) is 3.70. The van der Waals surface area contributed by atoms with E-state index in [1.807, 2.05) is 13.2 Å². The molecule has 0 aliphatic rings. The Balaban J connectivity index is 3.73. The molecule has 0 aromatic carbocycles. The van der Waals surface area contributed by atoms with Crippen molar-refractivity contribution in [2.75, 3.05) is 20.4 Å². The molecule has 0 heterocycles. The van der Waals surface area contributed by atoms with E-state index in [0.717, 1.165) is 0 Å². The van der Waals surface area contributed by atoms with E-state index >= 15 is 0 Å². The van der Waals surface area contributed by atoms with Gasteiger partial charge in [-0.05, 0) is 13.2 Å². The van der Waals surface area contributed by atoms with Crippen molar-refractivity contribution in [2.45, 2.75) is 12.2 Å². The molecule has 0 N–H and O–H groups in total. The summed E-state index contributed by atoms with van der Waals surface area (Å²) < 4.78 is 0. The molecule has 1 amide bonds.